The van der Waals surface area contributed by atoms with E-state index < -0.39 is 58.1 Å². The summed E-state index contributed by atoms with van der Waals surface area (Å²) in [5.41, 5.74) is -2.28. The highest BCUT2D eigenvalue weighted by atomic mass is 19.1. The Hall–Kier alpha value is -3.30. The van der Waals surface area contributed by atoms with Crippen LogP contribution in [0.4, 0.5) is 13.2 Å². The number of hydrogen-bond acceptors (Lipinski definition) is 4. The van der Waals surface area contributed by atoms with Crippen LogP contribution in [0.1, 0.15) is 52.7 Å². The average Bonchev–Trinajstić information content (AvgIpc) is 3.43. The van der Waals surface area contributed by atoms with Crippen molar-refractivity contribution in [3.63, 3.8) is 0 Å². The third-order valence-corrected chi connectivity index (χ3v) is 6.55. The van der Waals surface area contributed by atoms with Gasteiger partial charge in [-0.1, -0.05) is 6.92 Å². The van der Waals surface area contributed by atoms with E-state index in [0.717, 1.165) is 6.42 Å². The summed E-state index contributed by atoms with van der Waals surface area (Å²) in [4.78, 5) is 39.6. The maximum atomic E-state index is 13.9. The highest BCUT2D eigenvalue weighted by Crippen LogP contribution is 2.50. The topological polar surface area (TPSA) is 91.6 Å². The zero-order chi connectivity index (χ0) is 23.5. The van der Waals surface area contributed by atoms with Crippen LogP contribution in [-0.2, 0) is 6.54 Å². The van der Waals surface area contributed by atoms with Gasteiger partial charge in [-0.25, -0.2) is 13.2 Å². The molecule has 2 unspecified atom stereocenters. The van der Waals surface area contributed by atoms with Gasteiger partial charge in [-0.05, 0) is 25.2 Å². The van der Waals surface area contributed by atoms with Crippen LogP contribution in [0.5, 0.6) is 5.75 Å². The summed E-state index contributed by atoms with van der Waals surface area (Å²) < 4.78 is 42.3. The summed E-state index contributed by atoms with van der Waals surface area (Å²) in [6, 6.07) is 0.461. The second-order valence-electron chi connectivity index (χ2n) is 8.53. The lowest BCUT2D eigenvalue weighted by molar-refractivity contribution is 0.0580. The minimum absolute atomic E-state index is 0.188. The predicted octanol–water partition coefficient (Wildman–Crippen LogP) is 2.57. The molecule has 1 aliphatic carbocycles. The van der Waals surface area contributed by atoms with Gasteiger partial charge in [-0.15, -0.1) is 0 Å². The van der Waals surface area contributed by atoms with Gasteiger partial charge >= 0.3 is 0 Å². The van der Waals surface area contributed by atoms with Crippen LogP contribution in [0.2, 0.25) is 0 Å². The van der Waals surface area contributed by atoms with Crippen LogP contribution in [-0.4, -0.2) is 39.5 Å². The number of carbonyl (C=O) groups is 2. The van der Waals surface area contributed by atoms with E-state index in [1.54, 1.807) is 7.05 Å². The lowest BCUT2D eigenvalue weighted by atomic mass is 9.96. The molecule has 4 rings (SSSR count). The van der Waals surface area contributed by atoms with E-state index in [-0.39, 0.29) is 23.7 Å². The quantitative estimate of drug-likeness (QED) is 0.751. The van der Waals surface area contributed by atoms with Gasteiger partial charge in [0.15, 0.2) is 11.4 Å². The Morgan fingerprint density at radius 2 is 1.78 bits per heavy atom. The minimum atomic E-state index is -1.18. The molecular weight excluding hydrogens is 427 g/mol. The summed E-state index contributed by atoms with van der Waals surface area (Å²) in [6.07, 6.45) is 2.12. The van der Waals surface area contributed by atoms with Gasteiger partial charge in [0.05, 0.1) is 6.04 Å². The van der Waals surface area contributed by atoms with Gasteiger partial charge in [-0.2, -0.15) is 0 Å². The van der Waals surface area contributed by atoms with Crippen LogP contribution in [0.25, 0.3) is 0 Å². The Bertz CT molecular complexity index is 1170. The second kappa shape index (κ2) is 7.68. The summed E-state index contributed by atoms with van der Waals surface area (Å²) >= 11 is 0. The molecule has 1 fully saturated rings. The first-order chi connectivity index (χ1) is 15.0. The fourth-order valence-electron chi connectivity index (χ4n) is 4.44. The smallest absolute Gasteiger partial charge is 0.274 e. The van der Waals surface area contributed by atoms with Crippen molar-refractivity contribution in [3.8, 4) is 5.75 Å². The number of hydrogen-bond donors (Lipinski definition) is 2. The summed E-state index contributed by atoms with van der Waals surface area (Å²) in [6.45, 7) is 3.26. The molecule has 0 bridgehead atoms. The third-order valence-electron chi connectivity index (χ3n) is 6.55. The third kappa shape index (κ3) is 3.43. The zero-order valence-electron chi connectivity index (χ0n) is 17.7. The Labute approximate surface area is 181 Å². The van der Waals surface area contributed by atoms with Gasteiger partial charge in [0, 0.05) is 43.5 Å². The van der Waals surface area contributed by atoms with Crippen molar-refractivity contribution in [1.29, 1.82) is 0 Å². The Morgan fingerprint density at radius 3 is 2.34 bits per heavy atom. The number of benzene rings is 1. The molecule has 2 heterocycles. The van der Waals surface area contributed by atoms with Crippen molar-refractivity contribution in [1.82, 2.24) is 14.8 Å². The molecular formula is C22H22F3N3O4. The van der Waals surface area contributed by atoms with Gasteiger partial charge < -0.3 is 19.9 Å². The molecule has 1 aromatic heterocycles. The number of rotatable bonds is 4. The van der Waals surface area contributed by atoms with Crippen molar-refractivity contribution in [3.05, 3.63) is 62.8 Å². The minimum Gasteiger partial charge on any atom is -0.503 e. The zero-order valence-corrected chi connectivity index (χ0v) is 17.7. The molecule has 2 aliphatic rings. The molecule has 2 amide bonds. The Morgan fingerprint density at radius 1 is 1.19 bits per heavy atom. The maximum absolute atomic E-state index is 13.9. The molecule has 1 aliphatic heterocycles. The fraction of sp³-hybridized carbons (Fsp3) is 0.409. The molecule has 2 aromatic rings. The largest absolute Gasteiger partial charge is 0.503 e. The average molecular weight is 449 g/mol. The number of nitrogens with one attached hydrogen (secondary N) is 1. The Kier molecular flexibility index (Phi) is 5.26. The van der Waals surface area contributed by atoms with E-state index in [2.05, 4.69) is 12.2 Å². The highest BCUT2D eigenvalue weighted by Gasteiger charge is 2.48. The van der Waals surface area contributed by atoms with Gasteiger partial charge in [0.1, 0.15) is 23.0 Å². The van der Waals surface area contributed by atoms with E-state index in [1.807, 2.05) is 6.92 Å². The maximum Gasteiger partial charge on any atom is 0.274 e. The number of likely N-dealkylation sites (N-methyl/N-ethyl adjacent to an activating group) is 1. The SMILES string of the molecule is CC1CC1[C@H]1[C@@H](C)N(C)C(=O)c2c(O)c(=O)c(C(=O)NCc3c(F)cc(F)cc3F)cn21. The summed E-state index contributed by atoms with van der Waals surface area (Å²) in [7, 11) is 1.59. The molecule has 7 nitrogen and oxygen atoms in total. The standard InChI is InChI=1S/C22H22F3N3O4/c1-9-4-12(9)17-10(2)27(3)22(32)18-20(30)19(29)14(8-28(17)18)21(31)26-7-13-15(24)5-11(23)6-16(13)25/h5-6,8-10,12,17,30H,4,7H2,1-3H3,(H,26,31)/t9?,10-,12?,17-/m1/s1. The second-order valence-corrected chi connectivity index (χ2v) is 8.53. The number of nitrogens with zero attached hydrogens (tertiary/aromatic N) is 2. The summed E-state index contributed by atoms with van der Waals surface area (Å²) in [5, 5.41) is 12.7. The van der Waals surface area contributed by atoms with Crippen molar-refractivity contribution >= 4 is 11.8 Å². The van der Waals surface area contributed by atoms with Crippen LogP contribution in [0.15, 0.2) is 23.1 Å². The Balaban J connectivity index is 1.71. The van der Waals surface area contributed by atoms with Crippen LogP contribution in [0.3, 0.4) is 0 Å². The molecule has 0 saturated heterocycles. The van der Waals surface area contributed by atoms with Gasteiger partial charge in [-0.3, -0.25) is 14.4 Å². The first-order valence-electron chi connectivity index (χ1n) is 10.2. The molecule has 4 atom stereocenters. The van der Waals surface area contributed by atoms with Crippen molar-refractivity contribution in [2.45, 2.75) is 38.9 Å². The van der Waals surface area contributed by atoms with Crippen LogP contribution in [0, 0.1) is 29.3 Å². The highest BCUT2D eigenvalue weighted by molar-refractivity contribution is 5.99. The molecule has 32 heavy (non-hydrogen) atoms. The predicted molar refractivity (Wildman–Crippen MR) is 108 cm³/mol. The van der Waals surface area contributed by atoms with Crippen molar-refractivity contribution < 1.29 is 27.9 Å². The number of halogens is 3. The number of fused-ring (bicyclic) bond motifs is 1. The lowest BCUT2D eigenvalue weighted by Gasteiger charge is -2.40. The first-order valence-corrected chi connectivity index (χ1v) is 10.2. The molecule has 1 aromatic carbocycles. The van der Waals surface area contributed by atoms with E-state index in [4.69, 9.17) is 0 Å². The number of aromatic nitrogens is 1. The van der Waals surface area contributed by atoms with Crippen LogP contribution >= 0.6 is 0 Å². The molecule has 2 N–H and O–H groups in total. The summed E-state index contributed by atoms with van der Waals surface area (Å²) in [5.74, 6) is -5.27. The van der Waals surface area contributed by atoms with Crippen molar-refractivity contribution in [2.75, 3.05) is 7.05 Å². The van der Waals surface area contributed by atoms with E-state index in [1.165, 1.54) is 15.7 Å². The molecule has 0 spiro atoms. The molecule has 0 radical (unpaired) electrons. The number of aromatic hydroxyl groups is 1. The van der Waals surface area contributed by atoms with Crippen molar-refractivity contribution in [2.24, 2.45) is 11.8 Å². The monoisotopic (exact) mass is 449 g/mol. The number of pyridine rings is 1. The van der Waals surface area contributed by atoms with Gasteiger partial charge in [0.2, 0.25) is 5.43 Å². The normalized spacial score (nSPS) is 24.3. The molecule has 10 heteroatoms. The van der Waals surface area contributed by atoms with E-state index >= 15 is 0 Å². The molecule has 1 saturated carbocycles. The fourth-order valence-corrected chi connectivity index (χ4v) is 4.44. The van der Waals surface area contributed by atoms with E-state index in [0.29, 0.717) is 18.1 Å². The lowest BCUT2D eigenvalue weighted by Crippen LogP contribution is -2.49. The number of carbonyl (C=O) groups excluding carboxylic acids is 2. The molecule has 170 valence electrons. The van der Waals surface area contributed by atoms with Crippen LogP contribution < -0.4 is 10.7 Å². The van der Waals surface area contributed by atoms with E-state index in [9.17, 15) is 32.7 Å². The number of amides is 2. The van der Waals surface area contributed by atoms with Gasteiger partial charge in [0.25, 0.3) is 11.8 Å². The first kappa shape index (κ1) is 21.9.